The van der Waals surface area contributed by atoms with Gasteiger partial charge in [-0.25, -0.2) is 4.79 Å². The third-order valence-corrected chi connectivity index (χ3v) is 6.89. The molecule has 0 bridgehead atoms. The number of amidine groups is 1. The lowest BCUT2D eigenvalue weighted by Gasteiger charge is -2.42. The van der Waals surface area contributed by atoms with E-state index < -0.39 is 11.6 Å². The molecule has 1 aromatic rings. The van der Waals surface area contributed by atoms with E-state index in [0.29, 0.717) is 48.6 Å². The fourth-order valence-corrected chi connectivity index (χ4v) is 5.22. The Labute approximate surface area is 182 Å². The predicted molar refractivity (Wildman–Crippen MR) is 116 cm³/mol. The molecule has 1 unspecified atom stereocenters. The zero-order chi connectivity index (χ0) is 21.1. The van der Waals surface area contributed by atoms with Gasteiger partial charge in [-0.2, -0.15) is 0 Å². The van der Waals surface area contributed by atoms with Gasteiger partial charge in [-0.1, -0.05) is 30.5 Å². The molecule has 2 aliphatic heterocycles. The minimum absolute atomic E-state index is 0.155. The number of benzene rings is 1. The summed E-state index contributed by atoms with van der Waals surface area (Å²) in [5, 5.41) is 14.6. The number of carbonyl (C=O) groups excluding carboxylic acids is 1. The van der Waals surface area contributed by atoms with Crippen LogP contribution in [0.2, 0.25) is 5.02 Å². The van der Waals surface area contributed by atoms with Crippen LogP contribution in [0.4, 0.5) is 0 Å². The van der Waals surface area contributed by atoms with Gasteiger partial charge in [-0.3, -0.25) is 4.99 Å². The Hall–Kier alpha value is -2.21. The first-order valence-corrected chi connectivity index (χ1v) is 11.1. The van der Waals surface area contributed by atoms with Gasteiger partial charge < -0.3 is 19.9 Å². The highest BCUT2D eigenvalue weighted by Crippen LogP contribution is 2.46. The van der Waals surface area contributed by atoms with Gasteiger partial charge in [-0.05, 0) is 49.3 Å². The van der Waals surface area contributed by atoms with Crippen LogP contribution in [0.5, 0.6) is 5.75 Å². The van der Waals surface area contributed by atoms with E-state index in [1.54, 1.807) is 7.11 Å². The van der Waals surface area contributed by atoms with Crippen molar-refractivity contribution in [3.63, 3.8) is 0 Å². The number of nitrogens with zero attached hydrogens (tertiary/aromatic N) is 1. The third kappa shape index (κ3) is 4.29. The molecule has 162 valence electrons. The van der Waals surface area contributed by atoms with Crippen molar-refractivity contribution in [3.05, 3.63) is 40.1 Å². The van der Waals surface area contributed by atoms with E-state index >= 15 is 0 Å². The molecule has 0 spiro atoms. The Morgan fingerprint density at radius 3 is 2.80 bits per heavy atom. The number of hydrogen-bond donors (Lipinski definition) is 2. The van der Waals surface area contributed by atoms with E-state index in [2.05, 4.69) is 10.3 Å². The number of carbonyl (C=O) groups is 1. The summed E-state index contributed by atoms with van der Waals surface area (Å²) in [5.41, 5.74) is 0.732. The summed E-state index contributed by atoms with van der Waals surface area (Å²) in [5.74, 6) is 1.40. The smallest absolute Gasteiger partial charge is 0.338 e. The normalized spacial score (nSPS) is 24.6. The van der Waals surface area contributed by atoms with Crippen molar-refractivity contribution in [1.29, 1.82) is 0 Å². The van der Waals surface area contributed by atoms with Crippen LogP contribution in [-0.2, 0) is 16.0 Å². The van der Waals surface area contributed by atoms with Crippen LogP contribution in [0.25, 0.3) is 0 Å². The third-order valence-electron chi connectivity index (χ3n) is 6.60. The van der Waals surface area contributed by atoms with Crippen LogP contribution in [0.3, 0.4) is 0 Å². The Morgan fingerprint density at radius 2 is 2.17 bits per heavy atom. The second kappa shape index (κ2) is 8.88. The zero-order valence-corrected chi connectivity index (χ0v) is 18.1. The molecule has 1 aliphatic carbocycles. The van der Waals surface area contributed by atoms with Crippen LogP contribution in [-0.4, -0.2) is 42.7 Å². The SMILES string of the molecule is COc1ccc(CCC2(C3CCCC3)CC(O)=C(CC3=NCCN3)C(=O)O2)cc1Cl. The Bertz CT molecular complexity index is 876. The second-order valence-electron chi connectivity index (χ2n) is 8.44. The number of hydrogen-bond acceptors (Lipinski definition) is 6. The van der Waals surface area contributed by atoms with Crippen LogP contribution in [0.1, 0.15) is 50.5 Å². The van der Waals surface area contributed by atoms with E-state index in [0.717, 1.165) is 43.6 Å². The van der Waals surface area contributed by atoms with Crippen LogP contribution < -0.4 is 10.1 Å². The van der Waals surface area contributed by atoms with Crippen LogP contribution in [0, 0.1) is 5.92 Å². The first-order valence-electron chi connectivity index (χ1n) is 10.7. The number of halogens is 1. The molecule has 2 heterocycles. The summed E-state index contributed by atoms with van der Waals surface area (Å²) >= 11 is 6.28. The van der Waals surface area contributed by atoms with Crippen molar-refractivity contribution in [3.8, 4) is 5.75 Å². The van der Waals surface area contributed by atoms with E-state index in [4.69, 9.17) is 21.1 Å². The number of cyclic esters (lactones) is 1. The number of aryl methyl sites for hydroxylation is 1. The van der Waals surface area contributed by atoms with E-state index in [1.165, 1.54) is 0 Å². The molecule has 1 fully saturated rings. The summed E-state index contributed by atoms with van der Waals surface area (Å²) in [6, 6.07) is 5.75. The average molecular weight is 433 g/mol. The molecular weight excluding hydrogens is 404 g/mol. The Balaban J connectivity index is 1.55. The molecule has 1 aromatic carbocycles. The molecule has 0 saturated heterocycles. The van der Waals surface area contributed by atoms with E-state index in [-0.39, 0.29) is 11.7 Å². The Kier molecular flexibility index (Phi) is 6.23. The average Bonchev–Trinajstić information content (AvgIpc) is 3.44. The number of aliphatic imine (C=N–C) groups is 1. The molecule has 0 amide bonds. The van der Waals surface area contributed by atoms with Crippen molar-refractivity contribution in [2.24, 2.45) is 10.9 Å². The van der Waals surface area contributed by atoms with Gasteiger partial charge in [0.25, 0.3) is 0 Å². The molecule has 1 atom stereocenters. The molecule has 2 N–H and O–H groups in total. The molecule has 3 aliphatic rings. The fourth-order valence-electron chi connectivity index (χ4n) is 4.94. The lowest BCUT2D eigenvalue weighted by Crippen LogP contribution is -2.46. The zero-order valence-electron chi connectivity index (χ0n) is 17.4. The lowest BCUT2D eigenvalue weighted by atomic mass is 9.76. The maximum atomic E-state index is 13.0. The highest BCUT2D eigenvalue weighted by molar-refractivity contribution is 6.32. The fraction of sp³-hybridized carbons (Fsp3) is 0.565. The standard InChI is InChI=1S/C23H29ClN2O4/c1-29-20-7-6-15(12-18(20)24)8-9-23(16-4-2-3-5-16)14-19(27)17(22(28)30-23)13-21-25-10-11-26-21/h6-7,12,16,27H,2-5,8-11,13-14H2,1H3,(H,25,26). The lowest BCUT2D eigenvalue weighted by molar-refractivity contribution is -0.167. The minimum atomic E-state index is -0.668. The van der Waals surface area contributed by atoms with Gasteiger partial charge in [0.2, 0.25) is 0 Å². The summed E-state index contributed by atoms with van der Waals surface area (Å²) < 4.78 is 11.4. The summed E-state index contributed by atoms with van der Waals surface area (Å²) in [6.45, 7) is 1.48. The highest BCUT2D eigenvalue weighted by atomic mass is 35.5. The first kappa shape index (κ1) is 21.0. The van der Waals surface area contributed by atoms with E-state index in [9.17, 15) is 9.90 Å². The highest BCUT2D eigenvalue weighted by Gasteiger charge is 2.48. The van der Waals surface area contributed by atoms with Gasteiger partial charge in [-0.15, -0.1) is 0 Å². The number of esters is 1. The summed E-state index contributed by atoms with van der Waals surface area (Å²) in [6.07, 6.45) is 6.36. The number of rotatable bonds is 7. The van der Waals surface area contributed by atoms with Gasteiger partial charge in [0.15, 0.2) is 0 Å². The maximum absolute atomic E-state index is 13.0. The first-order chi connectivity index (χ1) is 14.5. The number of aliphatic hydroxyl groups excluding tert-OH is 1. The van der Waals surface area contributed by atoms with Gasteiger partial charge >= 0.3 is 5.97 Å². The van der Waals surface area contributed by atoms with Crippen molar-refractivity contribution in [1.82, 2.24) is 5.32 Å². The quantitative estimate of drug-likeness (QED) is 0.625. The Morgan fingerprint density at radius 1 is 1.37 bits per heavy atom. The van der Waals surface area contributed by atoms with Crippen molar-refractivity contribution in [2.75, 3.05) is 20.2 Å². The minimum Gasteiger partial charge on any atom is -0.512 e. The summed E-state index contributed by atoms with van der Waals surface area (Å²) in [7, 11) is 1.59. The molecule has 4 rings (SSSR count). The second-order valence-corrected chi connectivity index (χ2v) is 8.85. The van der Waals surface area contributed by atoms with Crippen LogP contribution in [0.15, 0.2) is 34.5 Å². The van der Waals surface area contributed by atoms with Crippen molar-refractivity contribution < 1.29 is 19.4 Å². The number of nitrogens with one attached hydrogen (secondary N) is 1. The topological polar surface area (TPSA) is 80.2 Å². The molecule has 0 aromatic heterocycles. The van der Waals surface area contributed by atoms with Crippen LogP contribution >= 0.6 is 11.6 Å². The number of aliphatic hydroxyl groups is 1. The summed E-state index contributed by atoms with van der Waals surface area (Å²) in [4.78, 5) is 17.3. The van der Waals surface area contributed by atoms with Gasteiger partial charge in [0.05, 0.1) is 24.3 Å². The molecule has 30 heavy (non-hydrogen) atoms. The largest absolute Gasteiger partial charge is 0.512 e. The van der Waals surface area contributed by atoms with Gasteiger partial charge in [0, 0.05) is 19.4 Å². The molecule has 7 heteroatoms. The van der Waals surface area contributed by atoms with E-state index in [1.807, 2.05) is 18.2 Å². The molecule has 1 saturated carbocycles. The maximum Gasteiger partial charge on any atom is 0.338 e. The predicted octanol–water partition coefficient (Wildman–Crippen LogP) is 4.36. The molecule has 0 radical (unpaired) electrons. The van der Waals surface area contributed by atoms with Crippen molar-refractivity contribution >= 4 is 23.4 Å². The van der Waals surface area contributed by atoms with Crippen molar-refractivity contribution in [2.45, 2.75) is 57.0 Å². The number of ether oxygens (including phenoxy) is 2. The number of methoxy groups -OCH3 is 1. The monoisotopic (exact) mass is 432 g/mol. The van der Waals surface area contributed by atoms with Gasteiger partial charge in [0.1, 0.15) is 22.9 Å². The molecule has 6 nitrogen and oxygen atoms in total. The molecular formula is C23H29ClN2O4.